The summed E-state index contributed by atoms with van der Waals surface area (Å²) in [6.45, 7) is 0.723. The van der Waals surface area contributed by atoms with Crippen LogP contribution in [0.4, 0.5) is 11.8 Å². The van der Waals surface area contributed by atoms with Gasteiger partial charge in [-0.2, -0.15) is 4.98 Å². The summed E-state index contributed by atoms with van der Waals surface area (Å²) in [4.78, 5) is 10.9. The van der Waals surface area contributed by atoms with Gasteiger partial charge in [0.05, 0.1) is 21.3 Å². The lowest BCUT2D eigenvalue weighted by Crippen LogP contribution is -2.37. The van der Waals surface area contributed by atoms with Crippen molar-refractivity contribution in [2.45, 2.75) is 44.3 Å². The van der Waals surface area contributed by atoms with E-state index in [1.54, 1.807) is 27.5 Å². The van der Waals surface area contributed by atoms with Crippen molar-refractivity contribution in [1.29, 1.82) is 0 Å². The van der Waals surface area contributed by atoms with Crippen LogP contribution in [0.1, 0.15) is 31.2 Å². The fraction of sp³-hybridized carbons (Fsp3) is 0.545. The van der Waals surface area contributed by atoms with Gasteiger partial charge in [0, 0.05) is 44.5 Å². The summed E-state index contributed by atoms with van der Waals surface area (Å²) in [5, 5.41) is 7.16. The molecule has 2 N–H and O–H groups in total. The monoisotopic (exact) mass is 415 g/mol. The maximum absolute atomic E-state index is 5.59. The molecule has 1 aliphatic rings. The fourth-order valence-corrected chi connectivity index (χ4v) is 3.85. The van der Waals surface area contributed by atoms with E-state index in [1.807, 2.05) is 37.2 Å². The van der Waals surface area contributed by atoms with Crippen LogP contribution in [0, 0.1) is 0 Å². The minimum Gasteiger partial charge on any atom is -0.493 e. The number of hydrogen-bond acceptors (Lipinski definition) is 8. The molecule has 1 saturated carbocycles. The first kappa shape index (κ1) is 22.0. The second kappa shape index (κ2) is 10.3. The van der Waals surface area contributed by atoms with Gasteiger partial charge < -0.3 is 29.7 Å². The molecule has 1 aromatic carbocycles. The van der Waals surface area contributed by atoms with Crippen molar-refractivity contribution in [2.75, 3.05) is 45.6 Å². The minimum atomic E-state index is 0.399. The number of rotatable bonds is 9. The van der Waals surface area contributed by atoms with E-state index in [0.29, 0.717) is 29.5 Å². The Balaban J connectivity index is 1.52. The summed E-state index contributed by atoms with van der Waals surface area (Å²) in [6.07, 6.45) is 6.15. The van der Waals surface area contributed by atoms with Crippen LogP contribution >= 0.6 is 0 Å². The van der Waals surface area contributed by atoms with E-state index < -0.39 is 0 Å². The highest BCUT2D eigenvalue weighted by molar-refractivity contribution is 5.55. The molecule has 0 saturated heterocycles. The van der Waals surface area contributed by atoms with Crippen LogP contribution in [0.5, 0.6) is 17.2 Å². The van der Waals surface area contributed by atoms with E-state index in [1.165, 1.54) is 0 Å². The van der Waals surface area contributed by atoms with Crippen molar-refractivity contribution in [3.63, 3.8) is 0 Å². The van der Waals surface area contributed by atoms with Gasteiger partial charge >= 0.3 is 0 Å². The van der Waals surface area contributed by atoms with Crippen LogP contribution in [-0.4, -0.2) is 57.5 Å². The number of benzene rings is 1. The quantitative estimate of drug-likeness (QED) is 0.647. The third-order valence-corrected chi connectivity index (χ3v) is 5.53. The first-order chi connectivity index (χ1) is 14.5. The molecule has 0 amide bonds. The Morgan fingerprint density at radius 2 is 1.63 bits per heavy atom. The lowest BCUT2D eigenvalue weighted by Gasteiger charge is -2.30. The van der Waals surface area contributed by atoms with Crippen LogP contribution in [-0.2, 0) is 6.54 Å². The van der Waals surface area contributed by atoms with Gasteiger partial charge in [-0.3, -0.25) is 0 Å². The SMILES string of the molecule is COc1ccc(CN[C@H]2CC[C@@H](Nc3nccc(N(C)C)n3)CC2)c(OC)c1OC. The maximum Gasteiger partial charge on any atom is 0.224 e. The molecular weight excluding hydrogens is 382 g/mol. The van der Waals surface area contributed by atoms with Gasteiger partial charge in [0.15, 0.2) is 11.5 Å². The molecule has 0 spiro atoms. The molecule has 0 unspecified atom stereocenters. The smallest absolute Gasteiger partial charge is 0.224 e. The van der Waals surface area contributed by atoms with E-state index in [4.69, 9.17) is 14.2 Å². The van der Waals surface area contributed by atoms with Crippen LogP contribution in [0.2, 0.25) is 0 Å². The van der Waals surface area contributed by atoms with Crippen molar-refractivity contribution >= 4 is 11.8 Å². The lowest BCUT2D eigenvalue weighted by molar-refractivity contribution is 0.318. The molecular formula is C22H33N5O3. The molecule has 8 nitrogen and oxygen atoms in total. The van der Waals surface area contributed by atoms with Crippen LogP contribution in [0.15, 0.2) is 24.4 Å². The molecule has 30 heavy (non-hydrogen) atoms. The molecule has 0 radical (unpaired) electrons. The van der Waals surface area contributed by atoms with Gasteiger partial charge in [-0.15, -0.1) is 0 Å². The molecule has 1 aliphatic carbocycles. The van der Waals surface area contributed by atoms with Gasteiger partial charge in [-0.1, -0.05) is 6.07 Å². The first-order valence-corrected chi connectivity index (χ1v) is 10.3. The molecule has 1 aromatic heterocycles. The van der Waals surface area contributed by atoms with Crippen LogP contribution in [0.25, 0.3) is 0 Å². The number of aromatic nitrogens is 2. The highest BCUT2D eigenvalue weighted by Crippen LogP contribution is 2.39. The Hall–Kier alpha value is -2.74. The Labute approximate surface area is 179 Å². The third-order valence-electron chi connectivity index (χ3n) is 5.53. The van der Waals surface area contributed by atoms with Gasteiger partial charge in [-0.05, 0) is 37.8 Å². The molecule has 1 fully saturated rings. The average molecular weight is 416 g/mol. The van der Waals surface area contributed by atoms with E-state index in [9.17, 15) is 0 Å². The largest absolute Gasteiger partial charge is 0.493 e. The van der Waals surface area contributed by atoms with Crippen molar-refractivity contribution in [2.24, 2.45) is 0 Å². The second-order valence-corrected chi connectivity index (χ2v) is 7.70. The molecule has 0 aliphatic heterocycles. The van der Waals surface area contributed by atoms with Gasteiger partial charge in [0.2, 0.25) is 11.7 Å². The summed E-state index contributed by atoms with van der Waals surface area (Å²) in [5.74, 6) is 3.63. The number of methoxy groups -OCH3 is 3. The summed E-state index contributed by atoms with van der Waals surface area (Å²) >= 11 is 0. The fourth-order valence-electron chi connectivity index (χ4n) is 3.85. The average Bonchev–Trinajstić information content (AvgIpc) is 2.77. The minimum absolute atomic E-state index is 0.399. The zero-order valence-electron chi connectivity index (χ0n) is 18.6. The van der Waals surface area contributed by atoms with Gasteiger partial charge in [-0.25, -0.2) is 4.98 Å². The molecule has 1 heterocycles. The third kappa shape index (κ3) is 5.24. The van der Waals surface area contributed by atoms with E-state index in [-0.39, 0.29) is 0 Å². The summed E-state index contributed by atoms with van der Waals surface area (Å²) < 4.78 is 16.4. The van der Waals surface area contributed by atoms with E-state index in [0.717, 1.165) is 49.4 Å². The number of anilines is 2. The number of ether oxygens (including phenoxy) is 3. The van der Waals surface area contributed by atoms with Gasteiger partial charge in [0.25, 0.3) is 0 Å². The van der Waals surface area contributed by atoms with Crippen molar-refractivity contribution in [1.82, 2.24) is 15.3 Å². The van der Waals surface area contributed by atoms with Crippen molar-refractivity contribution < 1.29 is 14.2 Å². The molecule has 0 atom stereocenters. The Kier molecular flexibility index (Phi) is 7.57. The highest BCUT2D eigenvalue weighted by atomic mass is 16.5. The van der Waals surface area contributed by atoms with Crippen LogP contribution < -0.4 is 29.7 Å². The number of nitrogens with zero attached hydrogens (tertiary/aromatic N) is 3. The lowest BCUT2D eigenvalue weighted by atomic mass is 9.91. The molecule has 0 bridgehead atoms. The second-order valence-electron chi connectivity index (χ2n) is 7.70. The summed E-state index contributed by atoms with van der Waals surface area (Å²) in [7, 11) is 8.88. The molecule has 2 aromatic rings. The standard InChI is InChI=1S/C22H33N5O3/c1-27(2)19-12-13-23-22(26-19)25-17-9-7-16(8-10-17)24-14-15-6-11-18(28-3)21(30-5)20(15)29-4/h6,11-13,16-17,24H,7-10,14H2,1-5H3,(H,23,25,26)/t16-,17+. The maximum atomic E-state index is 5.59. The Morgan fingerprint density at radius 3 is 2.27 bits per heavy atom. The zero-order chi connectivity index (χ0) is 21.5. The van der Waals surface area contributed by atoms with Crippen molar-refractivity contribution in [3.8, 4) is 17.2 Å². The predicted octanol–water partition coefficient (Wildman–Crippen LogP) is 3.08. The Bertz CT molecular complexity index is 822. The summed E-state index contributed by atoms with van der Waals surface area (Å²) in [6, 6.07) is 6.72. The molecule has 3 rings (SSSR count). The highest BCUT2D eigenvalue weighted by Gasteiger charge is 2.22. The predicted molar refractivity (Wildman–Crippen MR) is 119 cm³/mol. The molecule has 8 heteroatoms. The normalized spacial score (nSPS) is 18.6. The topological polar surface area (TPSA) is 80.8 Å². The Morgan fingerprint density at radius 1 is 0.933 bits per heavy atom. The van der Waals surface area contributed by atoms with Crippen LogP contribution in [0.3, 0.4) is 0 Å². The molecule has 164 valence electrons. The number of hydrogen-bond donors (Lipinski definition) is 2. The first-order valence-electron chi connectivity index (χ1n) is 10.3. The van der Waals surface area contributed by atoms with E-state index in [2.05, 4.69) is 20.6 Å². The van der Waals surface area contributed by atoms with E-state index >= 15 is 0 Å². The van der Waals surface area contributed by atoms with Gasteiger partial charge in [0.1, 0.15) is 5.82 Å². The summed E-state index contributed by atoms with van der Waals surface area (Å²) in [5.41, 5.74) is 1.06. The van der Waals surface area contributed by atoms with Crippen molar-refractivity contribution in [3.05, 3.63) is 30.0 Å². The zero-order valence-corrected chi connectivity index (χ0v) is 18.6. The number of nitrogens with one attached hydrogen (secondary N) is 2.